The Hall–Kier alpha value is -0.613. The molecule has 0 radical (unpaired) electrons. The minimum Gasteiger partial charge on any atom is -0.466 e. The average molecular weight is 329 g/mol. The summed E-state index contributed by atoms with van der Waals surface area (Å²) in [7, 11) is -1.70. The zero-order valence-electron chi connectivity index (χ0n) is 15.5. The van der Waals surface area contributed by atoms with E-state index >= 15 is 0 Å². The Morgan fingerprint density at radius 1 is 1.18 bits per heavy atom. The standard InChI is InChI=1S/C18H36O3Si/c1-8-13-17(21-22(6,7)18(3,4)5)14-11-9-10-12-15-20-16(2)19/h8,17H,1,9-15H2,2-7H3. The van der Waals surface area contributed by atoms with Gasteiger partial charge in [0.25, 0.3) is 0 Å². The lowest BCUT2D eigenvalue weighted by atomic mass is 10.1. The molecular weight excluding hydrogens is 292 g/mol. The van der Waals surface area contributed by atoms with Crippen molar-refractivity contribution in [3.8, 4) is 0 Å². The summed E-state index contributed by atoms with van der Waals surface area (Å²) in [6.07, 6.45) is 8.67. The molecule has 0 amide bonds. The fraction of sp³-hybridized carbons (Fsp3) is 0.833. The molecule has 3 nitrogen and oxygen atoms in total. The van der Waals surface area contributed by atoms with E-state index in [1.807, 2.05) is 6.08 Å². The topological polar surface area (TPSA) is 35.5 Å². The molecule has 0 bridgehead atoms. The Bertz CT molecular complexity index is 332. The molecule has 0 aromatic rings. The number of hydrogen-bond donors (Lipinski definition) is 0. The van der Waals surface area contributed by atoms with Gasteiger partial charge in [0, 0.05) is 13.0 Å². The third-order valence-electron chi connectivity index (χ3n) is 4.42. The van der Waals surface area contributed by atoms with Gasteiger partial charge in [-0.3, -0.25) is 4.79 Å². The van der Waals surface area contributed by atoms with Crippen LogP contribution in [0.3, 0.4) is 0 Å². The van der Waals surface area contributed by atoms with Crippen molar-refractivity contribution in [3.05, 3.63) is 12.7 Å². The predicted molar refractivity (Wildman–Crippen MR) is 96.6 cm³/mol. The number of rotatable bonds is 11. The molecule has 22 heavy (non-hydrogen) atoms. The van der Waals surface area contributed by atoms with E-state index < -0.39 is 8.32 Å². The molecule has 0 aromatic heterocycles. The SMILES string of the molecule is C=CCC(CCCCCCOC(C)=O)O[Si](C)(C)C(C)(C)C. The highest BCUT2D eigenvalue weighted by molar-refractivity contribution is 6.74. The van der Waals surface area contributed by atoms with E-state index in [-0.39, 0.29) is 11.0 Å². The van der Waals surface area contributed by atoms with Crippen LogP contribution < -0.4 is 0 Å². The molecule has 1 unspecified atom stereocenters. The third kappa shape index (κ3) is 9.41. The molecule has 0 rings (SSSR count). The molecule has 1 atom stereocenters. The van der Waals surface area contributed by atoms with Crippen molar-refractivity contribution in [2.75, 3.05) is 6.61 Å². The van der Waals surface area contributed by atoms with Gasteiger partial charge in [0.1, 0.15) is 0 Å². The summed E-state index contributed by atoms with van der Waals surface area (Å²) in [5, 5.41) is 0.246. The molecule has 0 spiro atoms. The molecule has 0 aromatic carbocycles. The lowest BCUT2D eigenvalue weighted by Crippen LogP contribution is -2.43. The van der Waals surface area contributed by atoms with Gasteiger partial charge >= 0.3 is 5.97 Å². The highest BCUT2D eigenvalue weighted by Crippen LogP contribution is 2.38. The Balaban J connectivity index is 4.05. The van der Waals surface area contributed by atoms with Crippen molar-refractivity contribution in [1.29, 1.82) is 0 Å². The fourth-order valence-electron chi connectivity index (χ4n) is 2.05. The summed E-state index contributed by atoms with van der Waals surface area (Å²) in [6.45, 7) is 17.3. The number of ether oxygens (including phenoxy) is 1. The van der Waals surface area contributed by atoms with Crippen LogP contribution in [0.4, 0.5) is 0 Å². The molecule has 130 valence electrons. The molecule has 0 aliphatic rings. The summed E-state index contributed by atoms with van der Waals surface area (Å²) in [5.41, 5.74) is 0. The third-order valence-corrected chi connectivity index (χ3v) is 8.96. The van der Waals surface area contributed by atoms with Gasteiger partial charge in [-0.05, 0) is 37.4 Å². The van der Waals surface area contributed by atoms with Crippen LogP contribution >= 0.6 is 0 Å². The highest BCUT2D eigenvalue weighted by Gasteiger charge is 2.38. The van der Waals surface area contributed by atoms with Crippen LogP contribution in [0, 0.1) is 0 Å². The summed E-state index contributed by atoms with van der Waals surface area (Å²) < 4.78 is 11.4. The first kappa shape index (κ1) is 21.4. The molecule has 4 heteroatoms. The largest absolute Gasteiger partial charge is 0.466 e. The van der Waals surface area contributed by atoms with Crippen LogP contribution in [0.5, 0.6) is 0 Å². The number of unbranched alkanes of at least 4 members (excludes halogenated alkanes) is 3. The molecule has 0 aliphatic carbocycles. The summed E-state index contributed by atoms with van der Waals surface area (Å²) in [4.78, 5) is 10.7. The average Bonchev–Trinajstić information content (AvgIpc) is 2.35. The minimum absolute atomic E-state index is 0.186. The lowest BCUT2D eigenvalue weighted by molar-refractivity contribution is -0.141. The van der Waals surface area contributed by atoms with Gasteiger partial charge in [0.15, 0.2) is 8.32 Å². The van der Waals surface area contributed by atoms with Crippen molar-refractivity contribution in [2.24, 2.45) is 0 Å². The summed E-state index contributed by atoms with van der Waals surface area (Å²) >= 11 is 0. The van der Waals surface area contributed by atoms with Crippen molar-refractivity contribution in [1.82, 2.24) is 0 Å². The van der Waals surface area contributed by atoms with Crippen LogP contribution in [-0.2, 0) is 14.0 Å². The first-order valence-corrected chi connectivity index (χ1v) is 11.4. The van der Waals surface area contributed by atoms with Crippen molar-refractivity contribution in [3.63, 3.8) is 0 Å². The molecule has 0 aliphatic heterocycles. The second kappa shape index (κ2) is 10.2. The first-order chi connectivity index (χ1) is 10.1. The summed E-state index contributed by atoms with van der Waals surface area (Å²) in [6, 6.07) is 0. The Labute approximate surface area is 138 Å². The minimum atomic E-state index is -1.70. The second-order valence-electron chi connectivity index (χ2n) is 7.57. The number of hydrogen-bond acceptors (Lipinski definition) is 3. The second-order valence-corrected chi connectivity index (χ2v) is 12.3. The van der Waals surface area contributed by atoms with Crippen molar-refractivity contribution >= 4 is 14.3 Å². The van der Waals surface area contributed by atoms with Crippen LogP contribution in [-0.4, -0.2) is 27.0 Å². The van der Waals surface area contributed by atoms with E-state index in [0.717, 1.165) is 38.5 Å². The van der Waals surface area contributed by atoms with E-state index in [9.17, 15) is 4.79 Å². The van der Waals surface area contributed by atoms with Crippen LogP contribution in [0.25, 0.3) is 0 Å². The van der Waals surface area contributed by atoms with Crippen molar-refractivity contribution < 1.29 is 14.0 Å². The van der Waals surface area contributed by atoms with E-state index in [0.29, 0.717) is 12.7 Å². The lowest BCUT2D eigenvalue weighted by Gasteiger charge is -2.39. The van der Waals surface area contributed by atoms with E-state index in [1.54, 1.807) is 0 Å². The van der Waals surface area contributed by atoms with Gasteiger partial charge in [-0.2, -0.15) is 0 Å². The molecular formula is C18H36O3Si. The Morgan fingerprint density at radius 2 is 1.77 bits per heavy atom. The number of esters is 1. The van der Waals surface area contributed by atoms with Gasteiger partial charge in [-0.1, -0.05) is 46.1 Å². The fourth-order valence-corrected chi connectivity index (χ4v) is 3.45. The van der Waals surface area contributed by atoms with E-state index in [4.69, 9.17) is 9.16 Å². The molecule has 0 heterocycles. The molecule has 0 fully saturated rings. The van der Waals surface area contributed by atoms with Crippen molar-refractivity contribution in [2.45, 2.75) is 90.5 Å². The molecule has 0 N–H and O–H groups in total. The van der Waals surface area contributed by atoms with Crippen LogP contribution in [0.2, 0.25) is 18.1 Å². The van der Waals surface area contributed by atoms with E-state index in [2.05, 4.69) is 40.4 Å². The Morgan fingerprint density at radius 3 is 2.27 bits per heavy atom. The first-order valence-electron chi connectivity index (χ1n) is 8.52. The van der Waals surface area contributed by atoms with Crippen LogP contribution in [0.1, 0.15) is 66.2 Å². The monoisotopic (exact) mass is 328 g/mol. The molecule has 0 saturated heterocycles. The van der Waals surface area contributed by atoms with Gasteiger partial charge in [-0.15, -0.1) is 6.58 Å². The maximum atomic E-state index is 10.7. The predicted octanol–water partition coefficient (Wildman–Crippen LogP) is 5.47. The number of carbonyl (C=O) groups excluding carboxylic acids is 1. The normalized spacial score (nSPS) is 13.7. The summed E-state index contributed by atoms with van der Waals surface area (Å²) in [5.74, 6) is -0.186. The van der Waals surface area contributed by atoms with Gasteiger partial charge in [0.05, 0.1) is 6.61 Å². The maximum absolute atomic E-state index is 10.7. The van der Waals surface area contributed by atoms with Crippen LogP contribution in [0.15, 0.2) is 12.7 Å². The highest BCUT2D eigenvalue weighted by atomic mass is 28.4. The maximum Gasteiger partial charge on any atom is 0.302 e. The smallest absolute Gasteiger partial charge is 0.302 e. The van der Waals surface area contributed by atoms with E-state index in [1.165, 1.54) is 6.92 Å². The Kier molecular flexibility index (Phi) is 9.93. The molecule has 0 saturated carbocycles. The zero-order chi connectivity index (χ0) is 17.2. The van der Waals surface area contributed by atoms with Gasteiger partial charge in [-0.25, -0.2) is 0 Å². The zero-order valence-corrected chi connectivity index (χ0v) is 16.5. The van der Waals surface area contributed by atoms with Gasteiger partial charge < -0.3 is 9.16 Å². The quantitative estimate of drug-likeness (QED) is 0.218. The van der Waals surface area contributed by atoms with Gasteiger partial charge in [0.2, 0.25) is 0 Å². The number of carbonyl (C=O) groups is 1.